The second kappa shape index (κ2) is 6.10. The first kappa shape index (κ1) is 14.8. The fourth-order valence-electron chi connectivity index (χ4n) is 1.61. The van der Waals surface area contributed by atoms with Crippen LogP contribution in [0.15, 0.2) is 18.2 Å². The van der Waals surface area contributed by atoms with Gasteiger partial charge in [-0.2, -0.15) is 0 Å². The molecule has 1 aromatic carbocycles. The highest BCUT2D eigenvalue weighted by atomic mass is 16.5. The molecule has 3 nitrogen and oxygen atoms in total. The molecule has 0 saturated carbocycles. The van der Waals surface area contributed by atoms with E-state index in [1.165, 1.54) is 0 Å². The van der Waals surface area contributed by atoms with Crippen molar-refractivity contribution < 1.29 is 9.47 Å². The van der Waals surface area contributed by atoms with Crippen molar-refractivity contribution in [1.82, 2.24) is 0 Å². The SMILES string of the molecule is COc1ccc([C@@H](C)N)c(OCCC(C)(C)C)c1. The summed E-state index contributed by atoms with van der Waals surface area (Å²) < 4.78 is 11.1. The highest BCUT2D eigenvalue weighted by Crippen LogP contribution is 2.29. The summed E-state index contributed by atoms with van der Waals surface area (Å²) in [5.41, 5.74) is 7.23. The number of ether oxygens (including phenoxy) is 2. The molecule has 102 valence electrons. The van der Waals surface area contributed by atoms with Crippen molar-refractivity contribution in [3.63, 3.8) is 0 Å². The van der Waals surface area contributed by atoms with Gasteiger partial charge in [0.05, 0.1) is 13.7 Å². The van der Waals surface area contributed by atoms with Crippen LogP contribution in [0.25, 0.3) is 0 Å². The first-order valence-corrected chi connectivity index (χ1v) is 6.40. The highest BCUT2D eigenvalue weighted by molar-refractivity contribution is 5.42. The molecule has 0 heterocycles. The molecule has 18 heavy (non-hydrogen) atoms. The quantitative estimate of drug-likeness (QED) is 0.870. The Morgan fingerprint density at radius 2 is 1.94 bits per heavy atom. The van der Waals surface area contributed by atoms with Crippen LogP contribution >= 0.6 is 0 Å². The maximum atomic E-state index is 5.94. The van der Waals surface area contributed by atoms with Crippen molar-refractivity contribution >= 4 is 0 Å². The molecular formula is C15H25NO2. The topological polar surface area (TPSA) is 44.5 Å². The van der Waals surface area contributed by atoms with E-state index in [1.807, 2.05) is 25.1 Å². The van der Waals surface area contributed by atoms with E-state index in [0.29, 0.717) is 6.61 Å². The predicted octanol–water partition coefficient (Wildman–Crippen LogP) is 3.53. The molecule has 1 atom stereocenters. The minimum absolute atomic E-state index is 0.0412. The van der Waals surface area contributed by atoms with Gasteiger partial charge in [0.25, 0.3) is 0 Å². The second-order valence-corrected chi connectivity index (χ2v) is 5.85. The maximum absolute atomic E-state index is 5.94. The van der Waals surface area contributed by atoms with Crippen LogP contribution in [0.5, 0.6) is 11.5 Å². The van der Waals surface area contributed by atoms with Gasteiger partial charge in [0.2, 0.25) is 0 Å². The standard InChI is InChI=1S/C15H25NO2/c1-11(16)13-7-6-12(17-5)10-14(13)18-9-8-15(2,3)4/h6-7,10-11H,8-9,16H2,1-5H3/t11-/m1/s1. The van der Waals surface area contributed by atoms with Crippen molar-refractivity contribution in [1.29, 1.82) is 0 Å². The van der Waals surface area contributed by atoms with E-state index in [-0.39, 0.29) is 11.5 Å². The minimum atomic E-state index is -0.0412. The van der Waals surface area contributed by atoms with E-state index in [4.69, 9.17) is 15.2 Å². The van der Waals surface area contributed by atoms with Crippen molar-refractivity contribution in [2.24, 2.45) is 11.1 Å². The molecule has 0 fully saturated rings. The molecule has 0 radical (unpaired) electrons. The van der Waals surface area contributed by atoms with Crippen molar-refractivity contribution in [3.8, 4) is 11.5 Å². The van der Waals surface area contributed by atoms with Crippen LogP contribution in [0.1, 0.15) is 45.7 Å². The summed E-state index contributed by atoms with van der Waals surface area (Å²) in [6.07, 6.45) is 1.00. The van der Waals surface area contributed by atoms with Gasteiger partial charge in [-0.15, -0.1) is 0 Å². The Balaban J connectivity index is 2.78. The van der Waals surface area contributed by atoms with E-state index in [2.05, 4.69) is 20.8 Å². The fourth-order valence-corrected chi connectivity index (χ4v) is 1.61. The van der Waals surface area contributed by atoms with Crippen molar-refractivity contribution in [2.75, 3.05) is 13.7 Å². The van der Waals surface area contributed by atoms with E-state index in [9.17, 15) is 0 Å². The van der Waals surface area contributed by atoms with Crippen LogP contribution < -0.4 is 15.2 Å². The smallest absolute Gasteiger partial charge is 0.127 e. The summed E-state index contributed by atoms with van der Waals surface area (Å²) in [5.74, 6) is 1.62. The number of methoxy groups -OCH3 is 1. The monoisotopic (exact) mass is 251 g/mol. The lowest BCUT2D eigenvalue weighted by atomic mass is 9.93. The summed E-state index contributed by atoms with van der Waals surface area (Å²) >= 11 is 0. The van der Waals surface area contributed by atoms with Crippen LogP contribution in [-0.2, 0) is 0 Å². The van der Waals surface area contributed by atoms with E-state index in [1.54, 1.807) is 7.11 Å². The molecule has 1 rings (SSSR count). The Bertz CT molecular complexity index is 381. The average Bonchev–Trinajstić information content (AvgIpc) is 2.26. The third-order valence-electron chi connectivity index (χ3n) is 2.82. The third-order valence-corrected chi connectivity index (χ3v) is 2.82. The number of rotatable bonds is 5. The second-order valence-electron chi connectivity index (χ2n) is 5.85. The van der Waals surface area contributed by atoms with Gasteiger partial charge in [0.1, 0.15) is 11.5 Å². The van der Waals surface area contributed by atoms with E-state index in [0.717, 1.165) is 23.5 Å². The summed E-state index contributed by atoms with van der Waals surface area (Å²) in [6, 6.07) is 5.74. The molecule has 2 N–H and O–H groups in total. The number of hydrogen-bond donors (Lipinski definition) is 1. The lowest BCUT2D eigenvalue weighted by molar-refractivity contribution is 0.240. The molecule has 0 spiro atoms. The third kappa shape index (κ3) is 4.57. The molecule has 1 aromatic rings. The summed E-state index contributed by atoms with van der Waals surface area (Å²) in [7, 11) is 1.65. The minimum Gasteiger partial charge on any atom is -0.497 e. The number of benzene rings is 1. The Labute approximate surface area is 110 Å². The van der Waals surface area contributed by atoms with Gasteiger partial charge in [0.15, 0.2) is 0 Å². The van der Waals surface area contributed by atoms with Crippen LogP contribution in [0.4, 0.5) is 0 Å². The molecule has 0 aliphatic carbocycles. The lowest BCUT2D eigenvalue weighted by Crippen LogP contribution is -2.13. The zero-order valence-corrected chi connectivity index (χ0v) is 12.1. The molecule has 0 aliphatic rings. The first-order chi connectivity index (χ1) is 8.33. The van der Waals surface area contributed by atoms with Gasteiger partial charge < -0.3 is 15.2 Å². The Morgan fingerprint density at radius 3 is 2.44 bits per heavy atom. The normalized spacial score (nSPS) is 13.2. The molecule has 0 saturated heterocycles. The molecule has 0 aliphatic heterocycles. The largest absolute Gasteiger partial charge is 0.497 e. The number of nitrogens with two attached hydrogens (primary N) is 1. The van der Waals surface area contributed by atoms with E-state index >= 15 is 0 Å². The van der Waals surface area contributed by atoms with Crippen LogP contribution in [0.2, 0.25) is 0 Å². The molecule has 3 heteroatoms. The average molecular weight is 251 g/mol. The van der Waals surface area contributed by atoms with Gasteiger partial charge in [-0.05, 0) is 24.8 Å². The summed E-state index contributed by atoms with van der Waals surface area (Å²) in [4.78, 5) is 0. The van der Waals surface area contributed by atoms with Gasteiger partial charge in [0, 0.05) is 17.7 Å². The fraction of sp³-hybridized carbons (Fsp3) is 0.600. The molecule has 0 aromatic heterocycles. The Morgan fingerprint density at radius 1 is 1.28 bits per heavy atom. The number of hydrogen-bond acceptors (Lipinski definition) is 3. The van der Waals surface area contributed by atoms with Gasteiger partial charge in [-0.3, -0.25) is 0 Å². The van der Waals surface area contributed by atoms with Gasteiger partial charge >= 0.3 is 0 Å². The van der Waals surface area contributed by atoms with Gasteiger partial charge in [-0.1, -0.05) is 26.8 Å². The van der Waals surface area contributed by atoms with Gasteiger partial charge in [-0.25, -0.2) is 0 Å². The lowest BCUT2D eigenvalue weighted by Gasteiger charge is -2.20. The predicted molar refractivity (Wildman–Crippen MR) is 75.2 cm³/mol. The maximum Gasteiger partial charge on any atom is 0.127 e. The highest BCUT2D eigenvalue weighted by Gasteiger charge is 2.13. The van der Waals surface area contributed by atoms with Crippen molar-refractivity contribution in [2.45, 2.75) is 40.2 Å². The summed E-state index contributed by atoms with van der Waals surface area (Å²) in [6.45, 7) is 9.26. The molecular weight excluding hydrogens is 226 g/mol. The van der Waals surface area contributed by atoms with Crippen molar-refractivity contribution in [3.05, 3.63) is 23.8 Å². The zero-order chi connectivity index (χ0) is 13.8. The van der Waals surface area contributed by atoms with E-state index < -0.39 is 0 Å². The Hall–Kier alpha value is -1.22. The molecule has 0 amide bonds. The zero-order valence-electron chi connectivity index (χ0n) is 12.1. The van der Waals surface area contributed by atoms with Crippen LogP contribution in [-0.4, -0.2) is 13.7 Å². The first-order valence-electron chi connectivity index (χ1n) is 6.40. The molecule has 0 bridgehead atoms. The van der Waals surface area contributed by atoms with Crippen LogP contribution in [0.3, 0.4) is 0 Å². The Kier molecular flexibility index (Phi) is 5.03. The van der Waals surface area contributed by atoms with Crippen LogP contribution in [0, 0.1) is 5.41 Å². The summed E-state index contributed by atoms with van der Waals surface area (Å²) in [5, 5.41) is 0. The molecule has 0 unspecified atom stereocenters.